The van der Waals surface area contributed by atoms with Gasteiger partial charge in [-0.1, -0.05) is 41.5 Å². The van der Waals surface area contributed by atoms with E-state index in [2.05, 4.69) is 41.5 Å². The fourth-order valence-electron chi connectivity index (χ4n) is 4.93. The van der Waals surface area contributed by atoms with Gasteiger partial charge in [-0.2, -0.15) is 0 Å². The first-order valence-electron chi connectivity index (χ1n) is 8.77. The molecule has 2 atom stereocenters. The van der Waals surface area contributed by atoms with Gasteiger partial charge in [0.25, 0.3) is 0 Å². The molecule has 0 aromatic heterocycles. The molecule has 2 bridgehead atoms. The van der Waals surface area contributed by atoms with Crippen LogP contribution in [0.2, 0.25) is 0 Å². The van der Waals surface area contributed by atoms with Crippen LogP contribution in [0.5, 0.6) is 0 Å². The third kappa shape index (κ3) is 1.90. The van der Waals surface area contributed by atoms with Crippen molar-refractivity contribution in [2.24, 2.45) is 10.8 Å². The molecule has 2 N–H and O–H groups in total. The molecular formula is C18H34O3. The van der Waals surface area contributed by atoms with Crippen molar-refractivity contribution in [3.8, 4) is 0 Å². The molecule has 21 heavy (non-hydrogen) atoms. The molecule has 1 aliphatic carbocycles. The first-order chi connectivity index (χ1) is 9.71. The van der Waals surface area contributed by atoms with E-state index in [1.165, 1.54) is 0 Å². The smallest absolute Gasteiger partial charge is 0.113 e. The molecule has 0 aromatic rings. The van der Waals surface area contributed by atoms with E-state index in [9.17, 15) is 10.2 Å². The Morgan fingerprint density at radius 1 is 0.857 bits per heavy atom. The molecule has 3 rings (SSSR count). The average Bonchev–Trinajstić information content (AvgIpc) is 2.51. The molecule has 3 nitrogen and oxygen atoms in total. The van der Waals surface area contributed by atoms with Crippen molar-refractivity contribution in [2.45, 2.75) is 103 Å². The van der Waals surface area contributed by atoms with Crippen LogP contribution in [0, 0.1) is 10.8 Å². The number of ether oxygens (including phenoxy) is 1. The summed E-state index contributed by atoms with van der Waals surface area (Å²) in [5, 5.41) is 21.7. The molecule has 2 aliphatic heterocycles. The largest absolute Gasteiger partial charge is 0.393 e. The van der Waals surface area contributed by atoms with Gasteiger partial charge in [0.2, 0.25) is 0 Å². The van der Waals surface area contributed by atoms with Crippen molar-refractivity contribution < 1.29 is 14.9 Å². The minimum absolute atomic E-state index is 0.0836. The number of rotatable bonds is 6. The number of hydrogen-bond acceptors (Lipinski definition) is 3. The van der Waals surface area contributed by atoms with Gasteiger partial charge in [0, 0.05) is 12.8 Å². The molecule has 2 saturated heterocycles. The van der Waals surface area contributed by atoms with Gasteiger partial charge in [0.1, 0.15) is 17.3 Å². The lowest BCUT2D eigenvalue weighted by molar-refractivity contribution is -0.446. The average molecular weight is 298 g/mol. The van der Waals surface area contributed by atoms with E-state index in [0.29, 0.717) is 12.8 Å². The topological polar surface area (TPSA) is 49.7 Å². The first-order valence-corrected chi connectivity index (χ1v) is 8.77. The van der Waals surface area contributed by atoms with Gasteiger partial charge in [-0.15, -0.1) is 0 Å². The molecule has 2 heterocycles. The summed E-state index contributed by atoms with van der Waals surface area (Å²) in [6.07, 6.45) is 4.13. The van der Waals surface area contributed by atoms with Crippen LogP contribution in [0.4, 0.5) is 0 Å². The Bertz CT molecular complexity index is 352. The predicted molar refractivity (Wildman–Crippen MR) is 85.2 cm³/mol. The highest BCUT2D eigenvalue weighted by Crippen LogP contribution is 2.67. The number of hydrogen-bond donors (Lipinski definition) is 2. The molecule has 0 spiro atoms. The van der Waals surface area contributed by atoms with E-state index in [0.717, 1.165) is 25.7 Å². The van der Waals surface area contributed by atoms with Crippen LogP contribution in [-0.2, 0) is 4.74 Å². The summed E-state index contributed by atoms with van der Waals surface area (Å²) in [4.78, 5) is 0. The second-order valence-corrected chi connectivity index (χ2v) is 7.88. The number of fused-ring (bicyclic) bond motifs is 2. The fourth-order valence-corrected chi connectivity index (χ4v) is 4.93. The van der Waals surface area contributed by atoms with E-state index in [1.54, 1.807) is 0 Å². The summed E-state index contributed by atoms with van der Waals surface area (Å²) in [5.41, 5.74) is -1.31. The van der Waals surface area contributed by atoms with Gasteiger partial charge in [0.05, 0.1) is 6.10 Å². The van der Waals surface area contributed by atoms with Crippen LogP contribution in [0.3, 0.4) is 0 Å². The molecule has 1 saturated carbocycles. The Balaban J connectivity index is 2.44. The molecule has 124 valence electrons. The maximum absolute atomic E-state index is 11.2. The Kier molecular flexibility index (Phi) is 4.28. The number of aliphatic hydroxyl groups excluding tert-OH is 2. The summed E-state index contributed by atoms with van der Waals surface area (Å²) < 4.78 is 6.62. The lowest BCUT2D eigenvalue weighted by Gasteiger charge is -2.74. The molecule has 0 amide bonds. The standard InChI is InChI=1S/C18H34O3/c1-7-15(5,8-2)17-11-13(19)12-18(21-17,14(17)20)16(6,9-3)10-4/h13-14,19-20H,7-12H2,1-6H3. The molecule has 3 fully saturated rings. The van der Waals surface area contributed by atoms with Crippen molar-refractivity contribution in [1.82, 2.24) is 0 Å². The summed E-state index contributed by atoms with van der Waals surface area (Å²) in [6, 6.07) is 0. The molecule has 3 heteroatoms. The Labute approximate surface area is 130 Å². The van der Waals surface area contributed by atoms with Crippen LogP contribution < -0.4 is 0 Å². The maximum Gasteiger partial charge on any atom is 0.113 e. The fraction of sp³-hybridized carbons (Fsp3) is 1.00. The first kappa shape index (κ1) is 17.2. The zero-order chi connectivity index (χ0) is 16.1. The van der Waals surface area contributed by atoms with Gasteiger partial charge in [0.15, 0.2) is 0 Å². The van der Waals surface area contributed by atoms with Crippen molar-refractivity contribution in [2.75, 3.05) is 0 Å². The van der Waals surface area contributed by atoms with Gasteiger partial charge in [-0.3, -0.25) is 0 Å². The predicted octanol–water partition coefficient (Wildman–Crippen LogP) is 3.66. The lowest BCUT2D eigenvalue weighted by Crippen LogP contribution is -2.85. The third-order valence-corrected chi connectivity index (χ3v) is 7.49. The van der Waals surface area contributed by atoms with E-state index < -0.39 is 17.3 Å². The monoisotopic (exact) mass is 298 g/mol. The summed E-state index contributed by atoms with van der Waals surface area (Å²) in [5.74, 6) is 0. The van der Waals surface area contributed by atoms with Gasteiger partial charge in [-0.05, 0) is 36.5 Å². The number of aliphatic hydroxyl groups is 2. The molecule has 2 unspecified atom stereocenters. The molecule has 3 aliphatic rings. The second-order valence-electron chi connectivity index (χ2n) is 7.88. The SMILES string of the molecule is CCC(C)(CC)C12CC(O)CC(C(C)(CC)CC)(O1)C2O. The van der Waals surface area contributed by atoms with E-state index >= 15 is 0 Å². The molecule has 0 aromatic carbocycles. The highest BCUT2D eigenvalue weighted by atomic mass is 16.6. The minimum atomic E-state index is -0.570. The molecular weight excluding hydrogens is 264 g/mol. The van der Waals surface area contributed by atoms with Crippen molar-refractivity contribution in [3.05, 3.63) is 0 Å². The normalized spacial score (nSPS) is 40.0. The van der Waals surface area contributed by atoms with Crippen LogP contribution in [0.15, 0.2) is 0 Å². The van der Waals surface area contributed by atoms with E-state index in [4.69, 9.17) is 4.74 Å². The highest BCUT2D eigenvalue weighted by molar-refractivity contribution is 5.25. The van der Waals surface area contributed by atoms with E-state index in [-0.39, 0.29) is 16.9 Å². The second kappa shape index (κ2) is 5.21. The minimum Gasteiger partial charge on any atom is -0.393 e. The van der Waals surface area contributed by atoms with Crippen LogP contribution in [0.25, 0.3) is 0 Å². The van der Waals surface area contributed by atoms with Crippen LogP contribution >= 0.6 is 0 Å². The van der Waals surface area contributed by atoms with Crippen molar-refractivity contribution >= 4 is 0 Å². The van der Waals surface area contributed by atoms with Gasteiger partial charge >= 0.3 is 0 Å². The Morgan fingerprint density at radius 3 is 1.43 bits per heavy atom. The molecule has 0 radical (unpaired) electrons. The van der Waals surface area contributed by atoms with Gasteiger partial charge in [-0.25, -0.2) is 0 Å². The van der Waals surface area contributed by atoms with Gasteiger partial charge < -0.3 is 14.9 Å². The quantitative estimate of drug-likeness (QED) is 0.786. The van der Waals surface area contributed by atoms with Crippen molar-refractivity contribution in [1.29, 1.82) is 0 Å². The highest BCUT2D eigenvalue weighted by Gasteiger charge is 2.77. The van der Waals surface area contributed by atoms with E-state index in [1.807, 2.05) is 0 Å². The zero-order valence-corrected chi connectivity index (χ0v) is 14.7. The summed E-state index contributed by atoms with van der Waals surface area (Å²) in [6.45, 7) is 13.0. The Morgan fingerprint density at radius 2 is 1.19 bits per heavy atom. The van der Waals surface area contributed by atoms with Crippen molar-refractivity contribution in [3.63, 3.8) is 0 Å². The van der Waals surface area contributed by atoms with Crippen LogP contribution in [0.1, 0.15) is 80.1 Å². The summed E-state index contributed by atoms with van der Waals surface area (Å²) >= 11 is 0. The zero-order valence-electron chi connectivity index (χ0n) is 14.7. The maximum atomic E-state index is 11.2. The van der Waals surface area contributed by atoms with Crippen LogP contribution in [-0.4, -0.2) is 33.6 Å². The summed E-state index contributed by atoms with van der Waals surface area (Å²) in [7, 11) is 0. The lowest BCUT2D eigenvalue weighted by atomic mass is 9.47. The third-order valence-electron chi connectivity index (χ3n) is 7.49. The Hall–Kier alpha value is -0.120.